The largest absolute Gasteiger partial charge is 0.508 e. The van der Waals surface area contributed by atoms with E-state index in [-0.39, 0.29) is 5.75 Å². The number of thiocarbonyl (C=S) groups is 1. The van der Waals surface area contributed by atoms with Gasteiger partial charge in [-0.2, -0.15) is 0 Å². The van der Waals surface area contributed by atoms with E-state index < -0.39 is 0 Å². The quantitative estimate of drug-likeness (QED) is 0.524. The molecule has 0 saturated carbocycles. The van der Waals surface area contributed by atoms with Crippen LogP contribution in [0.15, 0.2) is 72.8 Å². The molecule has 0 spiro atoms. The topological polar surface area (TPSA) is 54.0 Å². The van der Waals surface area contributed by atoms with Crippen molar-refractivity contribution in [2.24, 2.45) is 0 Å². The van der Waals surface area contributed by atoms with Gasteiger partial charge in [-0.05, 0) is 73.7 Å². The zero-order valence-electron chi connectivity index (χ0n) is 16.5. The van der Waals surface area contributed by atoms with Gasteiger partial charge in [-0.1, -0.05) is 18.2 Å². The van der Waals surface area contributed by atoms with Gasteiger partial charge in [0, 0.05) is 16.9 Å². The average molecular weight is 409 g/mol. The third-order valence-corrected chi connectivity index (χ3v) is 4.69. The first-order valence-corrected chi connectivity index (χ1v) is 9.74. The molecule has 0 fully saturated rings. The predicted molar refractivity (Wildman–Crippen MR) is 121 cm³/mol. The molecule has 0 aliphatic rings. The van der Waals surface area contributed by atoms with E-state index in [0.29, 0.717) is 18.3 Å². The number of benzene rings is 3. The first kappa shape index (κ1) is 20.5. The van der Waals surface area contributed by atoms with Crippen LogP contribution in [-0.4, -0.2) is 23.9 Å². The number of nitrogens with one attached hydrogen (secondary N) is 1. The molecule has 0 saturated heterocycles. The molecule has 0 unspecified atom stereocenters. The van der Waals surface area contributed by atoms with Crippen LogP contribution in [0.4, 0.5) is 11.4 Å². The van der Waals surface area contributed by atoms with Crippen molar-refractivity contribution in [3.05, 3.63) is 78.4 Å². The lowest BCUT2D eigenvalue weighted by Crippen LogP contribution is -2.34. The monoisotopic (exact) mass is 408 g/mol. The molecule has 0 heterocycles. The molecule has 0 bridgehead atoms. The summed E-state index contributed by atoms with van der Waals surface area (Å²) < 4.78 is 10.7. The minimum absolute atomic E-state index is 0.231. The lowest BCUT2D eigenvalue weighted by molar-refractivity contribution is 0.340. The summed E-state index contributed by atoms with van der Waals surface area (Å²) in [7, 11) is 1.63. The van der Waals surface area contributed by atoms with Crippen LogP contribution in [0.3, 0.4) is 0 Å². The molecule has 3 rings (SSSR count). The van der Waals surface area contributed by atoms with Gasteiger partial charge in [0.05, 0.1) is 20.3 Å². The van der Waals surface area contributed by atoms with Crippen molar-refractivity contribution in [3.8, 4) is 17.2 Å². The van der Waals surface area contributed by atoms with E-state index in [4.69, 9.17) is 21.7 Å². The van der Waals surface area contributed by atoms with Gasteiger partial charge in [-0.15, -0.1) is 0 Å². The Morgan fingerprint density at radius 1 is 0.966 bits per heavy atom. The van der Waals surface area contributed by atoms with Crippen LogP contribution in [0.25, 0.3) is 0 Å². The third-order valence-electron chi connectivity index (χ3n) is 4.37. The number of hydrogen-bond acceptors (Lipinski definition) is 4. The average Bonchev–Trinajstić information content (AvgIpc) is 2.75. The van der Waals surface area contributed by atoms with Crippen molar-refractivity contribution in [2.45, 2.75) is 13.5 Å². The molecule has 3 aromatic rings. The van der Waals surface area contributed by atoms with Crippen molar-refractivity contribution in [1.29, 1.82) is 0 Å². The number of methoxy groups -OCH3 is 1. The summed E-state index contributed by atoms with van der Waals surface area (Å²) in [6.45, 7) is 2.99. The molecule has 0 atom stereocenters. The fourth-order valence-corrected chi connectivity index (χ4v) is 3.14. The summed E-state index contributed by atoms with van der Waals surface area (Å²) in [6, 6.07) is 22.5. The van der Waals surface area contributed by atoms with Crippen LogP contribution >= 0.6 is 12.2 Å². The third kappa shape index (κ3) is 5.39. The van der Waals surface area contributed by atoms with Gasteiger partial charge in [0.15, 0.2) is 5.11 Å². The highest BCUT2D eigenvalue weighted by atomic mass is 32.1. The Balaban J connectivity index is 1.84. The number of para-hydroxylation sites is 1. The zero-order chi connectivity index (χ0) is 20.6. The Morgan fingerprint density at radius 2 is 1.62 bits per heavy atom. The summed E-state index contributed by atoms with van der Waals surface area (Å²) >= 11 is 5.70. The van der Waals surface area contributed by atoms with E-state index in [1.807, 2.05) is 72.5 Å². The second-order valence-corrected chi connectivity index (χ2v) is 6.69. The highest BCUT2D eigenvalue weighted by molar-refractivity contribution is 7.80. The van der Waals surface area contributed by atoms with Gasteiger partial charge in [0.1, 0.15) is 17.2 Å². The number of ether oxygens (including phenoxy) is 2. The maximum atomic E-state index is 10.2. The van der Waals surface area contributed by atoms with Crippen molar-refractivity contribution < 1.29 is 14.6 Å². The van der Waals surface area contributed by atoms with Gasteiger partial charge in [0.25, 0.3) is 0 Å². The number of phenolic OH excluding ortho intramolecular Hbond substituents is 1. The second-order valence-electron chi connectivity index (χ2n) is 6.30. The maximum Gasteiger partial charge on any atom is 0.178 e. The van der Waals surface area contributed by atoms with E-state index in [1.165, 1.54) is 0 Å². The highest BCUT2D eigenvalue weighted by Gasteiger charge is 2.15. The molecule has 5 nitrogen and oxygen atoms in total. The van der Waals surface area contributed by atoms with Gasteiger partial charge >= 0.3 is 0 Å². The Morgan fingerprint density at radius 3 is 2.24 bits per heavy atom. The number of nitrogens with zero attached hydrogens (tertiary/aromatic N) is 1. The molecule has 0 radical (unpaired) electrons. The first-order chi connectivity index (χ1) is 14.1. The van der Waals surface area contributed by atoms with E-state index in [0.717, 1.165) is 28.4 Å². The lowest BCUT2D eigenvalue weighted by Gasteiger charge is -2.26. The summed E-state index contributed by atoms with van der Waals surface area (Å²) in [5.41, 5.74) is 2.52. The fourth-order valence-electron chi connectivity index (χ4n) is 2.85. The van der Waals surface area contributed by atoms with Crippen LogP contribution < -0.4 is 19.7 Å². The molecule has 3 aromatic carbocycles. The Hall–Kier alpha value is -3.25. The van der Waals surface area contributed by atoms with Gasteiger partial charge < -0.3 is 24.8 Å². The Bertz CT molecular complexity index is 943. The standard InChI is InChI=1S/C23H24N2O3S/c1-3-28-21-12-8-18(9-13-21)24-23(29)25(16-17-6-4-5-7-22(17)26)19-10-14-20(27-2)15-11-19/h4-15,26H,3,16H2,1-2H3,(H,24,29). The number of anilines is 2. The highest BCUT2D eigenvalue weighted by Crippen LogP contribution is 2.26. The van der Waals surface area contributed by atoms with E-state index in [1.54, 1.807) is 19.2 Å². The molecule has 29 heavy (non-hydrogen) atoms. The minimum atomic E-state index is 0.231. The van der Waals surface area contributed by atoms with Crippen molar-refractivity contribution >= 4 is 28.7 Å². The van der Waals surface area contributed by atoms with Crippen molar-refractivity contribution in [1.82, 2.24) is 0 Å². The molecule has 6 heteroatoms. The minimum Gasteiger partial charge on any atom is -0.508 e. The Kier molecular flexibility index (Phi) is 6.92. The van der Waals surface area contributed by atoms with Crippen LogP contribution in [0.2, 0.25) is 0 Å². The predicted octanol–water partition coefficient (Wildman–Crippen LogP) is 5.20. The van der Waals surface area contributed by atoms with Crippen molar-refractivity contribution in [2.75, 3.05) is 23.9 Å². The van der Waals surface area contributed by atoms with E-state index in [2.05, 4.69) is 5.32 Å². The molecular formula is C23H24N2O3S. The van der Waals surface area contributed by atoms with Gasteiger partial charge in [-0.3, -0.25) is 0 Å². The molecule has 0 aromatic heterocycles. The zero-order valence-corrected chi connectivity index (χ0v) is 17.3. The van der Waals surface area contributed by atoms with Gasteiger partial charge in [0.2, 0.25) is 0 Å². The SMILES string of the molecule is CCOc1ccc(NC(=S)N(Cc2ccccc2O)c2ccc(OC)cc2)cc1. The first-order valence-electron chi connectivity index (χ1n) is 9.33. The molecular weight excluding hydrogens is 384 g/mol. The maximum absolute atomic E-state index is 10.2. The number of phenols is 1. The normalized spacial score (nSPS) is 10.3. The molecule has 0 amide bonds. The summed E-state index contributed by atoms with van der Waals surface area (Å²) in [4.78, 5) is 1.93. The lowest BCUT2D eigenvalue weighted by atomic mass is 10.1. The number of rotatable bonds is 7. The second kappa shape index (κ2) is 9.80. The Labute approximate surface area is 176 Å². The van der Waals surface area contributed by atoms with Crippen LogP contribution in [0.1, 0.15) is 12.5 Å². The smallest absolute Gasteiger partial charge is 0.178 e. The molecule has 2 N–H and O–H groups in total. The summed E-state index contributed by atoms with van der Waals surface area (Å²) in [5, 5.41) is 14.0. The summed E-state index contributed by atoms with van der Waals surface area (Å²) in [6.07, 6.45) is 0. The van der Waals surface area contributed by atoms with Crippen molar-refractivity contribution in [3.63, 3.8) is 0 Å². The van der Waals surface area contributed by atoms with Crippen LogP contribution in [0.5, 0.6) is 17.2 Å². The van der Waals surface area contributed by atoms with E-state index >= 15 is 0 Å². The number of aromatic hydroxyl groups is 1. The van der Waals surface area contributed by atoms with E-state index in [9.17, 15) is 5.11 Å². The van der Waals surface area contributed by atoms with Gasteiger partial charge in [-0.25, -0.2) is 0 Å². The van der Waals surface area contributed by atoms with Crippen LogP contribution in [-0.2, 0) is 6.54 Å². The fraction of sp³-hybridized carbons (Fsp3) is 0.174. The van der Waals surface area contributed by atoms with Crippen LogP contribution in [0, 0.1) is 0 Å². The number of hydrogen-bond donors (Lipinski definition) is 2. The molecule has 0 aliphatic heterocycles. The summed E-state index contributed by atoms with van der Waals surface area (Å²) in [5.74, 6) is 1.81. The molecule has 0 aliphatic carbocycles. The molecule has 150 valence electrons.